The van der Waals surface area contributed by atoms with Gasteiger partial charge in [0.05, 0.1) is 6.42 Å². The van der Waals surface area contributed by atoms with Crippen LogP contribution >= 0.6 is 0 Å². The molecule has 0 radical (unpaired) electrons. The minimum Gasteiger partial charge on any atom is -0.480 e. The number of nitrogens with zero attached hydrogens (tertiary/aromatic N) is 1. The van der Waals surface area contributed by atoms with Crippen molar-refractivity contribution in [2.75, 3.05) is 0 Å². The van der Waals surface area contributed by atoms with Gasteiger partial charge in [-0.15, -0.1) is 0 Å². The van der Waals surface area contributed by atoms with Crippen LogP contribution in [0.4, 0.5) is 4.39 Å². The first kappa shape index (κ1) is 15.0. The van der Waals surface area contributed by atoms with Gasteiger partial charge in [0.25, 0.3) is 0 Å². The van der Waals surface area contributed by atoms with Gasteiger partial charge in [-0.25, -0.2) is 9.18 Å². The van der Waals surface area contributed by atoms with Crippen molar-refractivity contribution in [3.05, 3.63) is 35.6 Å². The van der Waals surface area contributed by atoms with Crippen molar-refractivity contribution in [2.45, 2.75) is 50.6 Å². The SMILES string of the molecule is O=C(O)C1CC2CCCCC2N1C(=O)Cc1cccc(F)c1. The Morgan fingerprint density at radius 2 is 2.05 bits per heavy atom. The maximum absolute atomic E-state index is 13.2. The molecule has 3 atom stereocenters. The maximum Gasteiger partial charge on any atom is 0.326 e. The molecule has 118 valence electrons. The average Bonchev–Trinajstić information content (AvgIpc) is 2.87. The third-order valence-corrected chi connectivity index (χ3v) is 4.91. The Kier molecular flexibility index (Phi) is 4.14. The highest BCUT2D eigenvalue weighted by molar-refractivity contribution is 5.86. The Bertz CT molecular complexity index is 589. The fraction of sp³-hybridized carbons (Fsp3) is 0.529. The van der Waals surface area contributed by atoms with Crippen LogP contribution in [0.2, 0.25) is 0 Å². The van der Waals surface area contributed by atoms with Crippen LogP contribution in [-0.4, -0.2) is 34.0 Å². The molecule has 0 spiro atoms. The molecule has 3 rings (SSSR count). The van der Waals surface area contributed by atoms with Gasteiger partial charge in [0.15, 0.2) is 0 Å². The molecule has 1 saturated carbocycles. The number of likely N-dealkylation sites (tertiary alicyclic amines) is 1. The molecule has 1 N–H and O–H groups in total. The fourth-order valence-electron chi connectivity index (χ4n) is 3.95. The fourth-order valence-corrected chi connectivity index (χ4v) is 3.95. The van der Waals surface area contributed by atoms with E-state index >= 15 is 0 Å². The van der Waals surface area contributed by atoms with Gasteiger partial charge in [-0.1, -0.05) is 25.0 Å². The first-order chi connectivity index (χ1) is 10.6. The Morgan fingerprint density at radius 3 is 2.77 bits per heavy atom. The first-order valence-electron chi connectivity index (χ1n) is 7.84. The number of fused-ring (bicyclic) bond motifs is 1. The molecule has 1 aliphatic heterocycles. The molecule has 1 heterocycles. The number of amides is 1. The van der Waals surface area contributed by atoms with Crippen LogP contribution in [0.25, 0.3) is 0 Å². The van der Waals surface area contributed by atoms with Gasteiger partial charge in [-0.05, 0) is 42.9 Å². The summed E-state index contributed by atoms with van der Waals surface area (Å²) >= 11 is 0. The second-order valence-corrected chi connectivity index (χ2v) is 6.31. The topological polar surface area (TPSA) is 57.6 Å². The van der Waals surface area contributed by atoms with Gasteiger partial charge in [0.2, 0.25) is 5.91 Å². The summed E-state index contributed by atoms with van der Waals surface area (Å²) in [5.41, 5.74) is 0.591. The molecule has 4 nitrogen and oxygen atoms in total. The Labute approximate surface area is 128 Å². The van der Waals surface area contributed by atoms with Crippen molar-refractivity contribution in [1.29, 1.82) is 0 Å². The van der Waals surface area contributed by atoms with Gasteiger partial charge < -0.3 is 10.0 Å². The van der Waals surface area contributed by atoms with Crippen LogP contribution in [0.1, 0.15) is 37.7 Å². The molecule has 0 bridgehead atoms. The third-order valence-electron chi connectivity index (χ3n) is 4.91. The van der Waals surface area contributed by atoms with E-state index in [0.717, 1.165) is 25.7 Å². The van der Waals surface area contributed by atoms with Crippen molar-refractivity contribution in [3.8, 4) is 0 Å². The highest BCUT2D eigenvalue weighted by Crippen LogP contribution is 2.40. The summed E-state index contributed by atoms with van der Waals surface area (Å²) in [6.07, 6.45) is 4.64. The van der Waals surface area contributed by atoms with E-state index in [9.17, 15) is 19.1 Å². The lowest BCUT2D eigenvalue weighted by Crippen LogP contribution is -2.46. The van der Waals surface area contributed by atoms with Crippen LogP contribution in [0.3, 0.4) is 0 Å². The molecule has 5 heteroatoms. The smallest absolute Gasteiger partial charge is 0.326 e. The van der Waals surface area contributed by atoms with E-state index in [2.05, 4.69) is 0 Å². The molecule has 2 aliphatic rings. The van der Waals surface area contributed by atoms with Crippen molar-refractivity contribution < 1.29 is 19.1 Å². The highest BCUT2D eigenvalue weighted by Gasteiger charge is 2.47. The summed E-state index contributed by atoms with van der Waals surface area (Å²) in [7, 11) is 0. The summed E-state index contributed by atoms with van der Waals surface area (Å²) in [5, 5.41) is 9.44. The molecule has 22 heavy (non-hydrogen) atoms. The van der Waals surface area contributed by atoms with Gasteiger partial charge in [0, 0.05) is 6.04 Å². The number of hydrogen-bond donors (Lipinski definition) is 1. The van der Waals surface area contributed by atoms with E-state index < -0.39 is 12.0 Å². The van der Waals surface area contributed by atoms with Gasteiger partial charge in [-0.2, -0.15) is 0 Å². The Hall–Kier alpha value is -1.91. The highest BCUT2D eigenvalue weighted by atomic mass is 19.1. The molecule has 1 amide bonds. The summed E-state index contributed by atoms with van der Waals surface area (Å²) in [5.74, 6) is -1.21. The molecular weight excluding hydrogens is 285 g/mol. The summed E-state index contributed by atoms with van der Waals surface area (Å²) < 4.78 is 13.2. The number of carbonyl (C=O) groups excluding carboxylic acids is 1. The lowest BCUT2D eigenvalue weighted by molar-refractivity contribution is -0.149. The monoisotopic (exact) mass is 305 g/mol. The summed E-state index contributed by atoms with van der Waals surface area (Å²) in [6, 6.07) is 5.25. The first-order valence-corrected chi connectivity index (χ1v) is 7.84. The Balaban J connectivity index is 1.80. The molecule has 3 unspecified atom stereocenters. The second kappa shape index (κ2) is 6.07. The predicted molar refractivity (Wildman–Crippen MR) is 78.7 cm³/mol. The lowest BCUT2D eigenvalue weighted by Gasteiger charge is -2.33. The van der Waals surface area contributed by atoms with Crippen LogP contribution in [0.15, 0.2) is 24.3 Å². The van der Waals surface area contributed by atoms with E-state index in [1.807, 2.05) is 0 Å². The third kappa shape index (κ3) is 2.85. The number of benzene rings is 1. The maximum atomic E-state index is 13.2. The molecular formula is C17H20FNO3. The quantitative estimate of drug-likeness (QED) is 0.934. The largest absolute Gasteiger partial charge is 0.480 e. The Morgan fingerprint density at radius 1 is 1.27 bits per heavy atom. The van der Waals surface area contributed by atoms with E-state index in [1.165, 1.54) is 12.1 Å². The molecule has 1 aliphatic carbocycles. The summed E-state index contributed by atoms with van der Waals surface area (Å²) in [4.78, 5) is 25.7. The normalized spacial score (nSPS) is 27.5. The molecule has 2 fully saturated rings. The number of hydrogen-bond acceptors (Lipinski definition) is 2. The van der Waals surface area contributed by atoms with Crippen molar-refractivity contribution in [1.82, 2.24) is 4.90 Å². The van der Waals surface area contributed by atoms with Crippen molar-refractivity contribution in [3.63, 3.8) is 0 Å². The number of carboxylic acids is 1. The van der Waals surface area contributed by atoms with E-state index in [-0.39, 0.29) is 24.2 Å². The minimum absolute atomic E-state index is 0.0379. The van der Waals surface area contributed by atoms with Crippen LogP contribution in [0, 0.1) is 11.7 Å². The zero-order valence-corrected chi connectivity index (χ0v) is 12.4. The van der Waals surface area contributed by atoms with Crippen molar-refractivity contribution >= 4 is 11.9 Å². The molecule has 1 aromatic carbocycles. The summed E-state index contributed by atoms with van der Waals surface area (Å²) in [6.45, 7) is 0. The van der Waals surface area contributed by atoms with E-state index in [0.29, 0.717) is 17.9 Å². The number of rotatable bonds is 3. The van der Waals surface area contributed by atoms with Crippen LogP contribution in [-0.2, 0) is 16.0 Å². The number of halogens is 1. The molecule has 1 saturated heterocycles. The van der Waals surface area contributed by atoms with Gasteiger partial charge >= 0.3 is 5.97 Å². The zero-order chi connectivity index (χ0) is 15.7. The second-order valence-electron chi connectivity index (χ2n) is 6.31. The van der Waals surface area contributed by atoms with Crippen LogP contribution in [0.5, 0.6) is 0 Å². The van der Waals surface area contributed by atoms with Gasteiger partial charge in [-0.3, -0.25) is 4.79 Å². The zero-order valence-electron chi connectivity index (χ0n) is 12.4. The number of aliphatic carboxylic acids is 1. The van der Waals surface area contributed by atoms with E-state index in [4.69, 9.17) is 0 Å². The van der Waals surface area contributed by atoms with E-state index in [1.54, 1.807) is 17.0 Å². The number of carboxylic acid groups (broad SMARTS) is 1. The lowest BCUT2D eigenvalue weighted by atomic mass is 9.84. The van der Waals surface area contributed by atoms with Gasteiger partial charge in [0.1, 0.15) is 11.9 Å². The molecule has 1 aromatic rings. The van der Waals surface area contributed by atoms with Crippen LogP contribution < -0.4 is 0 Å². The minimum atomic E-state index is -0.929. The predicted octanol–water partition coefficient (Wildman–Crippen LogP) is 2.61. The molecule has 0 aromatic heterocycles. The standard InChI is InChI=1S/C17H20FNO3/c18-13-6-3-4-11(8-13)9-16(20)19-14-7-2-1-5-12(14)10-15(19)17(21)22/h3-4,6,8,12,14-15H,1-2,5,7,9-10H2,(H,21,22). The average molecular weight is 305 g/mol. The number of carbonyl (C=O) groups is 2. The van der Waals surface area contributed by atoms with Crippen molar-refractivity contribution in [2.24, 2.45) is 5.92 Å².